The summed E-state index contributed by atoms with van der Waals surface area (Å²) < 4.78 is 39.3. The highest BCUT2D eigenvalue weighted by atomic mass is 32.2. The fourth-order valence-corrected chi connectivity index (χ4v) is 6.44. The quantitative estimate of drug-likeness (QED) is 0.211. The second kappa shape index (κ2) is 15.4. The first-order valence-electron chi connectivity index (χ1n) is 15.4. The van der Waals surface area contributed by atoms with Gasteiger partial charge in [-0.1, -0.05) is 66.7 Å². The molecule has 0 atom stereocenters. The lowest BCUT2D eigenvalue weighted by Gasteiger charge is -2.31. The van der Waals surface area contributed by atoms with E-state index in [1.165, 1.54) is 6.42 Å². The number of thioether (sulfide) groups is 1. The number of carbonyl (C=O) groups excluding carboxylic acids is 1. The zero-order valence-corrected chi connectivity index (χ0v) is 27.0. The van der Waals surface area contributed by atoms with E-state index in [2.05, 4.69) is 0 Å². The first-order valence-corrected chi connectivity index (χ1v) is 16.3. The zero-order valence-electron chi connectivity index (χ0n) is 26.2. The third-order valence-corrected chi connectivity index (χ3v) is 9.32. The molecule has 1 aromatic heterocycles. The topological polar surface area (TPSA) is 105 Å². The lowest BCUT2D eigenvalue weighted by atomic mass is 10.0. The standard InChI is InChI=1S/C33H34N4O3S.C2HF3O2/c1-35(25-17-15-24(16-18-25)23-40-27-11-6-3-7-12-27)22-31(38)36-20-19-30-29(21-36)32(39)37(26-9-4-2-5-10-26)33(34-30)41-28-13-8-14-28;3-2(4,5)1(6)7/h2-7,9-12,15-18,28H,8,13-14,19-23H2,1H3;(H,6,7). The fraction of sp³-hybridized carbons (Fsp3) is 0.314. The Morgan fingerprint density at radius 1 is 1.00 bits per heavy atom. The van der Waals surface area contributed by atoms with Gasteiger partial charge in [-0.25, -0.2) is 9.78 Å². The van der Waals surface area contributed by atoms with Crippen LogP contribution in [0.15, 0.2) is 94.9 Å². The van der Waals surface area contributed by atoms with Crippen LogP contribution in [0.25, 0.3) is 5.69 Å². The van der Waals surface area contributed by atoms with Crippen LogP contribution in [0.2, 0.25) is 0 Å². The molecule has 1 amide bonds. The summed E-state index contributed by atoms with van der Waals surface area (Å²) >= 11 is 1.71. The summed E-state index contributed by atoms with van der Waals surface area (Å²) in [5.41, 5.74) is 4.20. The highest BCUT2D eigenvalue weighted by Crippen LogP contribution is 2.36. The highest BCUT2D eigenvalue weighted by molar-refractivity contribution is 7.99. The van der Waals surface area contributed by atoms with Crippen molar-refractivity contribution in [2.24, 2.45) is 0 Å². The molecule has 9 nitrogen and oxygen atoms in total. The van der Waals surface area contributed by atoms with E-state index < -0.39 is 12.1 Å². The summed E-state index contributed by atoms with van der Waals surface area (Å²) in [6.45, 7) is 1.55. The number of ether oxygens (including phenoxy) is 1. The second-order valence-corrected chi connectivity index (χ2v) is 12.7. The van der Waals surface area contributed by atoms with Gasteiger partial charge in [0.1, 0.15) is 12.4 Å². The molecule has 0 unspecified atom stereocenters. The summed E-state index contributed by atoms with van der Waals surface area (Å²) in [4.78, 5) is 44.8. The van der Waals surface area contributed by atoms with Crippen molar-refractivity contribution in [3.8, 4) is 11.4 Å². The summed E-state index contributed by atoms with van der Waals surface area (Å²) in [7, 11) is 1.92. The molecule has 2 heterocycles. The number of amides is 1. The predicted molar refractivity (Wildman–Crippen MR) is 177 cm³/mol. The van der Waals surface area contributed by atoms with Gasteiger partial charge in [0, 0.05) is 31.0 Å². The molecule has 48 heavy (non-hydrogen) atoms. The van der Waals surface area contributed by atoms with Crippen LogP contribution in [0.4, 0.5) is 18.9 Å². The minimum absolute atomic E-state index is 0.00628. The molecule has 1 aliphatic heterocycles. The van der Waals surface area contributed by atoms with E-state index in [1.807, 2.05) is 96.9 Å². The maximum atomic E-state index is 13.9. The Hall–Kier alpha value is -4.78. The fourth-order valence-electron chi connectivity index (χ4n) is 5.11. The molecule has 3 aromatic carbocycles. The number of aromatic nitrogens is 2. The van der Waals surface area contributed by atoms with Crippen molar-refractivity contribution in [3.63, 3.8) is 0 Å². The average molecular weight is 681 g/mol. The van der Waals surface area contributed by atoms with Gasteiger partial charge in [-0.3, -0.25) is 14.2 Å². The van der Waals surface area contributed by atoms with Gasteiger partial charge in [-0.2, -0.15) is 13.2 Å². The van der Waals surface area contributed by atoms with Crippen molar-refractivity contribution < 1.29 is 32.6 Å². The molecule has 2 aliphatic rings. The molecule has 252 valence electrons. The number of hydrogen-bond acceptors (Lipinski definition) is 7. The van der Waals surface area contributed by atoms with Crippen molar-refractivity contribution >= 4 is 29.3 Å². The van der Waals surface area contributed by atoms with E-state index in [0.29, 0.717) is 30.4 Å². The van der Waals surface area contributed by atoms with E-state index in [0.717, 1.165) is 46.4 Å². The SMILES string of the molecule is CN(CC(=O)N1CCc2nc(SC3CCC3)n(-c3ccccc3)c(=O)c2C1)c1ccc(COc2ccccc2)cc1.O=C(O)C(F)(F)F. The molecule has 1 saturated carbocycles. The molecular weight excluding hydrogens is 645 g/mol. The molecule has 0 spiro atoms. The molecule has 0 bridgehead atoms. The number of benzene rings is 3. The number of carboxylic acids is 1. The summed E-state index contributed by atoms with van der Waals surface area (Å²) in [6, 6.07) is 27.5. The molecule has 0 saturated heterocycles. The molecule has 6 rings (SSSR count). The van der Waals surface area contributed by atoms with Crippen LogP contribution in [-0.4, -0.2) is 63.0 Å². The summed E-state index contributed by atoms with van der Waals surface area (Å²) in [6.07, 6.45) is -0.945. The van der Waals surface area contributed by atoms with Crippen LogP contribution in [0, 0.1) is 0 Å². The predicted octanol–water partition coefficient (Wildman–Crippen LogP) is 6.11. The van der Waals surface area contributed by atoms with Crippen molar-refractivity contribution in [1.82, 2.24) is 14.5 Å². The number of rotatable bonds is 9. The van der Waals surface area contributed by atoms with Crippen molar-refractivity contribution in [1.29, 1.82) is 0 Å². The molecule has 13 heteroatoms. The maximum absolute atomic E-state index is 13.9. The van der Waals surface area contributed by atoms with Crippen LogP contribution in [0.1, 0.15) is 36.1 Å². The number of alkyl halides is 3. The average Bonchev–Trinajstić information content (AvgIpc) is 3.06. The van der Waals surface area contributed by atoms with E-state index >= 15 is 0 Å². The monoisotopic (exact) mass is 680 g/mol. The minimum atomic E-state index is -5.08. The van der Waals surface area contributed by atoms with Gasteiger partial charge in [-0.05, 0) is 54.8 Å². The Morgan fingerprint density at radius 3 is 2.21 bits per heavy atom. The molecule has 4 aromatic rings. The number of fused-ring (bicyclic) bond motifs is 1. The minimum Gasteiger partial charge on any atom is -0.489 e. The van der Waals surface area contributed by atoms with E-state index in [-0.39, 0.29) is 24.6 Å². The number of halogens is 3. The van der Waals surface area contributed by atoms with Crippen LogP contribution < -0.4 is 15.2 Å². The first-order chi connectivity index (χ1) is 23.0. The van der Waals surface area contributed by atoms with E-state index in [9.17, 15) is 22.8 Å². The van der Waals surface area contributed by atoms with Gasteiger partial charge in [0.2, 0.25) is 5.91 Å². The Kier molecular flexibility index (Phi) is 11.1. The van der Waals surface area contributed by atoms with Gasteiger partial charge in [0.25, 0.3) is 5.56 Å². The van der Waals surface area contributed by atoms with E-state index in [4.69, 9.17) is 19.6 Å². The number of aliphatic carboxylic acids is 1. The number of carbonyl (C=O) groups is 2. The third-order valence-electron chi connectivity index (χ3n) is 8.03. The summed E-state index contributed by atoms with van der Waals surface area (Å²) in [5.74, 6) is -1.93. The van der Waals surface area contributed by atoms with Crippen molar-refractivity contribution in [2.45, 2.75) is 55.4 Å². The Labute approximate surface area is 280 Å². The summed E-state index contributed by atoms with van der Waals surface area (Å²) in [5, 5.41) is 8.40. The Morgan fingerprint density at radius 2 is 1.62 bits per heavy atom. The van der Waals surface area contributed by atoms with E-state index in [1.54, 1.807) is 21.2 Å². The molecule has 1 fully saturated rings. The van der Waals surface area contributed by atoms with Crippen LogP contribution in [0.5, 0.6) is 5.75 Å². The van der Waals surface area contributed by atoms with Crippen LogP contribution in [-0.2, 0) is 29.2 Å². The largest absolute Gasteiger partial charge is 0.490 e. The highest BCUT2D eigenvalue weighted by Gasteiger charge is 2.38. The van der Waals surface area contributed by atoms with Gasteiger partial charge < -0.3 is 19.6 Å². The van der Waals surface area contributed by atoms with Gasteiger partial charge in [0.05, 0.1) is 30.0 Å². The number of nitrogens with zero attached hydrogens (tertiary/aromatic N) is 4. The van der Waals surface area contributed by atoms with Crippen molar-refractivity contribution in [3.05, 3.63) is 112 Å². The smallest absolute Gasteiger partial charge is 0.489 e. The molecule has 0 radical (unpaired) electrons. The number of likely N-dealkylation sites (N-methyl/N-ethyl adjacent to an activating group) is 1. The number of anilines is 1. The Bertz CT molecular complexity index is 1770. The first kappa shape index (κ1) is 34.6. The lowest BCUT2D eigenvalue weighted by Crippen LogP contribution is -2.44. The van der Waals surface area contributed by atoms with Crippen molar-refractivity contribution in [2.75, 3.05) is 25.0 Å². The second-order valence-electron chi connectivity index (χ2n) is 11.5. The van der Waals surface area contributed by atoms with Crippen LogP contribution >= 0.6 is 11.8 Å². The zero-order chi connectivity index (χ0) is 34.3. The van der Waals surface area contributed by atoms with Gasteiger partial charge >= 0.3 is 12.1 Å². The number of hydrogen-bond donors (Lipinski definition) is 1. The third kappa shape index (κ3) is 8.77. The van der Waals surface area contributed by atoms with Gasteiger partial charge in [-0.15, -0.1) is 0 Å². The number of carboxylic acid groups (broad SMARTS) is 1. The molecular formula is C35H35F3N4O5S. The molecule has 1 aliphatic carbocycles. The number of para-hydroxylation sites is 2. The maximum Gasteiger partial charge on any atom is 0.490 e. The lowest BCUT2D eigenvalue weighted by molar-refractivity contribution is -0.192. The van der Waals surface area contributed by atoms with Gasteiger partial charge in [0.15, 0.2) is 5.16 Å². The Balaban J connectivity index is 0.000000582. The normalized spacial score (nSPS) is 14.2. The molecule has 1 N–H and O–H groups in total. The van der Waals surface area contributed by atoms with Crippen LogP contribution in [0.3, 0.4) is 0 Å².